The first-order valence-electron chi connectivity index (χ1n) is 21.1. The van der Waals surface area contributed by atoms with Crippen LogP contribution in [0.3, 0.4) is 0 Å². The predicted octanol–water partition coefficient (Wildman–Crippen LogP) is 16.5. The number of aromatic nitrogens is 1. The molecule has 3 heterocycles. The van der Waals surface area contributed by atoms with E-state index < -0.39 is 0 Å². The highest BCUT2D eigenvalue weighted by Gasteiger charge is 2.19. The lowest BCUT2D eigenvalue weighted by Crippen LogP contribution is -2.10. The van der Waals surface area contributed by atoms with Gasteiger partial charge in [0.2, 0.25) is 0 Å². The van der Waals surface area contributed by atoms with Crippen molar-refractivity contribution in [2.24, 2.45) is 0 Å². The van der Waals surface area contributed by atoms with Crippen molar-refractivity contribution in [3.63, 3.8) is 0 Å². The number of rotatable bonds is 6. The molecule has 62 heavy (non-hydrogen) atoms. The van der Waals surface area contributed by atoms with E-state index in [0.717, 1.165) is 94.3 Å². The van der Waals surface area contributed by atoms with Crippen LogP contribution in [0.15, 0.2) is 227 Å². The minimum Gasteiger partial charge on any atom is -0.455 e. The van der Waals surface area contributed by atoms with E-state index in [-0.39, 0.29) is 0 Å². The van der Waals surface area contributed by atoms with Crippen molar-refractivity contribution in [1.82, 2.24) is 4.57 Å². The van der Waals surface area contributed by atoms with Gasteiger partial charge in [0.25, 0.3) is 0 Å². The Morgan fingerprint density at radius 3 is 1.66 bits per heavy atom. The van der Waals surface area contributed by atoms with Gasteiger partial charge < -0.3 is 18.3 Å². The SMILES string of the molecule is c1cc(N(c2ccc(-c3cccc4c3oc3ccccc34)cc2)c2ccc(-c3cccc4oc5c6ccccc6ccc5c34)cc2)cc(-n2c3ccccc3c3ccccc32)c1. The van der Waals surface area contributed by atoms with Crippen molar-refractivity contribution in [1.29, 1.82) is 0 Å². The first-order valence-corrected chi connectivity index (χ1v) is 21.1. The van der Waals surface area contributed by atoms with Crippen molar-refractivity contribution in [2.75, 3.05) is 4.90 Å². The van der Waals surface area contributed by atoms with E-state index >= 15 is 0 Å². The maximum Gasteiger partial charge on any atom is 0.143 e. The third kappa shape index (κ3) is 5.27. The Kier molecular flexibility index (Phi) is 7.57. The second-order valence-corrected chi connectivity index (χ2v) is 16.0. The fourth-order valence-electron chi connectivity index (χ4n) is 9.77. The number of para-hydroxylation sites is 4. The van der Waals surface area contributed by atoms with E-state index in [9.17, 15) is 0 Å². The second kappa shape index (κ2) is 13.6. The van der Waals surface area contributed by atoms with Crippen LogP contribution in [0.4, 0.5) is 17.1 Å². The standard InChI is InChI=1S/C58H36N2O2/c1-2-15-45-37(12-1)30-35-51-56-44(19-11-25-55(56)62-58(45)51)38-26-31-40(32-27-38)59(41-33-28-39(29-34-41)46-20-10-21-50-49-18-5-8-24-54(49)61-57(46)50)42-13-9-14-43(36-42)60-52-22-6-3-16-47(52)48-17-4-7-23-53(48)60/h1-36H. The highest BCUT2D eigenvalue weighted by atomic mass is 16.3. The highest BCUT2D eigenvalue weighted by Crippen LogP contribution is 2.43. The second-order valence-electron chi connectivity index (χ2n) is 16.0. The van der Waals surface area contributed by atoms with Gasteiger partial charge in [-0.05, 0) is 94.9 Å². The van der Waals surface area contributed by atoms with Crippen LogP contribution in [0.1, 0.15) is 0 Å². The molecule has 0 atom stereocenters. The Labute approximate surface area is 356 Å². The monoisotopic (exact) mass is 792 g/mol. The van der Waals surface area contributed by atoms with Gasteiger partial charge >= 0.3 is 0 Å². The largest absolute Gasteiger partial charge is 0.455 e. The maximum absolute atomic E-state index is 6.57. The summed E-state index contributed by atoms with van der Waals surface area (Å²) in [4.78, 5) is 2.35. The Balaban J connectivity index is 0.957. The van der Waals surface area contributed by atoms with Gasteiger partial charge in [0, 0.05) is 66.0 Å². The molecular formula is C58H36N2O2. The summed E-state index contributed by atoms with van der Waals surface area (Å²) >= 11 is 0. The summed E-state index contributed by atoms with van der Waals surface area (Å²) in [5.74, 6) is 0. The van der Waals surface area contributed by atoms with E-state index in [1.165, 1.54) is 27.2 Å². The molecule has 13 aromatic rings. The summed E-state index contributed by atoms with van der Waals surface area (Å²) in [7, 11) is 0. The molecule has 13 rings (SSSR count). The normalized spacial score (nSPS) is 11.9. The molecule has 0 bridgehead atoms. The fraction of sp³-hybridized carbons (Fsp3) is 0. The molecule has 0 N–H and O–H groups in total. The van der Waals surface area contributed by atoms with Crippen LogP contribution in [0, 0.1) is 0 Å². The van der Waals surface area contributed by atoms with E-state index in [0.29, 0.717) is 0 Å². The summed E-state index contributed by atoms with van der Waals surface area (Å²) in [5.41, 5.74) is 14.7. The molecule has 0 saturated carbocycles. The molecule has 0 saturated heterocycles. The summed E-state index contributed by atoms with van der Waals surface area (Å²) in [6.07, 6.45) is 0. The molecule has 4 nitrogen and oxygen atoms in total. The molecule has 0 spiro atoms. The zero-order chi connectivity index (χ0) is 40.7. The Hall–Kier alpha value is -8.34. The van der Waals surface area contributed by atoms with E-state index in [2.05, 4.69) is 216 Å². The number of hydrogen-bond acceptors (Lipinski definition) is 3. The topological polar surface area (TPSA) is 34.5 Å². The van der Waals surface area contributed by atoms with Crippen LogP contribution in [-0.4, -0.2) is 4.57 Å². The predicted molar refractivity (Wildman–Crippen MR) is 258 cm³/mol. The number of fused-ring (bicyclic) bond motifs is 11. The number of nitrogens with zero attached hydrogens (tertiary/aromatic N) is 2. The third-order valence-electron chi connectivity index (χ3n) is 12.6. The molecule has 0 aliphatic heterocycles. The van der Waals surface area contributed by atoms with Gasteiger partial charge in [-0.25, -0.2) is 0 Å². The fourth-order valence-corrected chi connectivity index (χ4v) is 9.77. The van der Waals surface area contributed by atoms with Gasteiger partial charge in [0.1, 0.15) is 22.3 Å². The van der Waals surface area contributed by atoms with Gasteiger partial charge in [0.05, 0.1) is 11.0 Å². The van der Waals surface area contributed by atoms with Crippen LogP contribution >= 0.6 is 0 Å². The van der Waals surface area contributed by atoms with Crippen molar-refractivity contribution >= 4 is 93.5 Å². The maximum atomic E-state index is 6.57. The Bertz CT molecular complexity index is 3810. The van der Waals surface area contributed by atoms with Crippen LogP contribution in [0.5, 0.6) is 0 Å². The first-order chi connectivity index (χ1) is 30.7. The van der Waals surface area contributed by atoms with Crippen molar-refractivity contribution in [3.8, 4) is 27.9 Å². The zero-order valence-corrected chi connectivity index (χ0v) is 33.5. The minimum absolute atomic E-state index is 0.889. The van der Waals surface area contributed by atoms with E-state index in [1.54, 1.807) is 0 Å². The molecule has 0 radical (unpaired) electrons. The molecule has 4 heteroatoms. The summed E-state index contributed by atoms with van der Waals surface area (Å²) in [6, 6.07) is 77.9. The quantitative estimate of drug-likeness (QED) is 0.168. The number of anilines is 3. The molecule has 290 valence electrons. The van der Waals surface area contributed by atoms with Crippen molar-refractivity contribution in [2.45, 2.75) is 0 Å². The van der Waals surface area contributed by atoms with E-state index in [1.807, 2.05) is 12.1 Å². The average Bonchev–Trinajstić information content (AvgIpc) is 4.02. The highest BCUT2D eigenvalue weighted by molar-refractivity contribution is 6.19. The van der Waals surface area contributed by atoms with Crippen LogP contribution in [0.2, 0.25) is 0 Å². The van der Waals surface area contributed by atoms with Crippen molar-refractivity contribution < 1.29 is 8.83 Å². The number of benzene rings is 10. The molecule has 0 fully saturated rings. The Morgan fingerprint density at radius 2 is 0.903 bits per heavy atom. The number of furan rings is 2. The molecule has 0 aliphatic carbocycles. The molecule has 10 aromatic carbocycles. The summed E-state index contributed by atoms with van der Waals surface area (Å²) < 4.78 is 15.4. The Morgan fingerprint density at radius 1 is 0.339 bits per heavy atom. The minimum atomic E-state index is 0.889. The zero-order valence-electron chi connectivity index (χ0n) is 33.5. The van der Waals surface area contributed by atoms with Gasteiger partial charge in [-0.1, -0.05) is 146 Å². The van der Waals surface area contributed by atoms with Crippen LogP contribution < -0.4 is 4.90 Å². The third-order valence-corrected chi connectivity index (χ3v) is 12.6. The molecular weight excluding hydrogens is 757 g/mol. The molecule has 0 unspecified atom stereocenters. The molecule has 3 aromatic heterocycles. The number of hydrogen-bond donors (Lipinski definition) is 0. The molecule has 0 aliphatic rings. The van der Waals surface area contributed by atoms with Crippen LogP contribution in [0.25, 0.3) is 104 Å². The van der Waals surface area contributed by atoms with E-state index in [4.69, 9.17) is 8.83 Å². The summed E-state index contributed by atoms with van der Waals surface area (Å²) in [5, 5.41) is 9.29. The lowest BCUT2D eigenvalue weighted by Gasteiger charge is -2.26. The lowest BCUT2D eigenvalue weighted by atomic mass is 9.98. The molecule has 0 amide bonds. The van der Waals surface area contributed by atoms with Crippen molar-refractivity contribution in [3.05, 3.63) is 218 Å². The van der Waals surface area contributed by atoms with Gasteiger partial charge in [-0.2, -0.15) is 0 Å². The van der Waals surface area contributed by atoms with Gasteiger partial charge in [-0.15, -0.1) is 0 Å². The lowest BCUT2D eigenvalue weighted by molar-refractivity contribution is 0.670. The first kappa shape index (κ1) is 34.5. The summed E-state index contributed by atoms with van der Waals surface area (Å²) in [6.45, 7) is 0. The van der Waals surface area contributed by atoms with Gasteiger partial charge in [0.15, 0.2) is 0 Å². The van der Waals surface area contributed by atoms with Crippen LogP contribution in [-0.2, 0) is 0 Å². The average molecular weight is 793 g/mol. The smallest absolute Gasteiger partial charge is 0.143 e. The van der Waals surface area contributed by atoms with Gasteiger partial charge in [-0.3, -0.25) is 0 Å².